The lowest BCUT2D eigenvalue weighted by Crippen LogP contribution is -2.05. The maximum Gasteiger partial charge on any atom is 0.161 e. The normalized spacial score (nSPS) is 12.5. The zero-order valence-electron chi connectivity index (χ0n) is 31.4. The first-order valence-corrected chi connectivity index (χ1v) is 19.4. The molecule has 1 aliphatic rings. The molecule has 0 atom stereocenters. The van der Waals surface area contributed by atoms with Gasteiger partial charge in [0.1, 0.15) is 0 Å². The first-order valence-electron chi connectivity index (χ1n) is 19.4. The van der Waals surface area contributed by atoms with Gasteiger partial charge in [0.15, 0.2) is 11.7 Å². The van der Waals surface area contributed by atoms with E-state index in [1.54, 1.807) is 0 Å². The summed E-state index contributed by atoms with van der Waals surface area (Å²) in [6, 6.07) is 68.8. The van der Waals surface area contributed by atoms with E-state index in [2.05, 4.69) is 156 Å². The van der Waals surface area contributed by atoms with Crippen molar-refractivity contribution in [3.8, 4) is 39.1 Å². The van der Waals surface area contributed by atoms with Gasteiger partial charge >= 0.3 is 0 Å². The second-order valence-corrected chi connectivity index (χ2v) is 14.5. The number of hydrogen-bond donors (Lipinski definition) is 0. The first-order chi connectivity index (χ1) is 28.2. The monoisotopic (exact) mass is 730 g/mol. The average Bonchev–Trinajstić information content (AvgIpc) is 3.82. The lowest BCUT2D eigenvalue weighted by atomic mass is 9.98. The zero-order chi connectivity index (χ0) is 38.1. The largest absolute Gasteiger partial charge is 0.309 e. The summed E-state index contributed by atoms with van der Waals surface area (Å²) in [5, 5.41) is 2.52. The van der Waals surface area contributed by atoms with Gasteiger partial charge in [-0.2, -0.15) is 0 Å². The minimum absolute atomic E-state index is 0.520. The van der Waals surface area contributed by atoms with E-state index in [0.29, 0.717) is 18.2 Å². The maximum absolute atomic E-state index is 4.99. The van der Waals surface area contributed by atoms with Gasteiger partial charge in [-0.05, 0) is 93.5 Å². The molecule has 0 N–H and O–H groups in total. The van der Waals surface area contributed by atoms with Crippen LogP contribution in [-0.4, -0.2) is 23.0 Å². The summed E-state index contributed by atoms with van der Waals surface area (Å²) in [5.74, 6) is 1.16. The van der Waals surface area contributed by atoms with Gasteiger partial charge in [0.25, 0.3) is 0 Å². The number of amidine groups is 2. The summed E-state index contributed by atoms with van der Waals surface area (Å²) in [6.07, 6.45) is 0.873. The van der Waals surface area contributed by atoms with Gasteiger partial charge in [0.05, 0.1) is 17.6 Å². The lowest BCUT2D eigenvalue weighted by Gasteiger charge is -2.11. The highest BCUT2D eigenvalue weighted by Gasteiger charge is 2.21. The van der Waals surface area contributed by atoms with Crippen molar-refractivity contribution in [2.45, 2.75) is 13.0 Å². The van der Waals surface area contributed by atoms with E-state index in [1.165, 1.54) is 60.9 Å². The molecule has 0 bridgehead atoms. The summed E-state index contributed by atoms with van der Waals surface area (Å²) in [4.78, 5) is 14.3. The fourth-order valence-corrected chi connectivity index (χ4v) is 8.23. The van der Waals surface area contributed by atoms with Crippen LogP contribution in [0.2, 0.25) is 0 Å². The summed E-state index contributed by atoms with van der Waals surface area (Å²) < 4.78 is 2.43. The lowest BCUT2D eigenvalue weighted by molar-refractivity contribution is 1.06. The molecule has 0 saturated carbocycles. The van der Waals surface area contributed by atoms with Crippen LogP contribution in [0.1, 0.15) is 27.8 Å². The third kappa shape index (κ3) is 6.47. The third-order valence-electron chi connectivity index (χ3n) is 11.0. The van der Waals surface area contributed by atoms with Gasteiger partial charge in [-0.1, -0.05) is 164 Å². The minimum atomic E-state index is 0.520. The van der Waals surface area contributed by atoms with Gasteiger partial charge in [0.2, 0.25) is 0 Å². The Balaban J connectivity index is 0.975. The molecule has 9 aromatic rings. The molecule has 0 radical (unpaired) electrons. The first kappa shape index (κ1) is 34.1. The topological polar surface area (TPSA) is 42.0 Å². The maximum atomic E-state index is 4.99. The van der Waals surface area contributed by atoms with E-state index in [1.807, 2.05) is 54.6 Å². The number of aliphatic imine (C=N–C) groups is 3. The minimum Gasteiger partial charge on any atom is -0.309 e. The highest BCUT2D eigenvalue weighted by molar-refractivity contribution is 6.13. The van der Waals surface area contributed by atoms with E-state index in [0.717, 1.165) is 34.2 Å². The van der Waals surface area contributed by atoms with Crippen molar-refractivity contribution in [1.82, 2.24) is 4.57 Å². The molecule has 0 aliphatic heterocycles. The number of fused-ring (bicyclic) bond motifs is 6. The van der Waals surface area contributed by atoms with Crippen molar-refractivity contribution in [2.75, 3.05) is 0 Å². The molecule has 1 aromatic heterocycles. The van der Waals surface area contributed by atoms with Crippen molar-refractivity contribution in [3.63, 3.8) is 0 Å². The molecular weight excluding hydrogens is 693 g/mol. The highest BCUT2D eigenvalue weighted by atomic mass is 15.0. The quantitative estimate of drug-likeness (QED) is 0.116. The molecule has 0 fully saturated rings. The molecule has 0 unspecified atom stereocenters. The van der Waals surface area contributed by atoms with Crippen LogP contribution in [0, 0.1) is 0 Å². The fourth-order valence-electron chi connectivity index (χ4n) is 8.23. The summed E-state index contributed by atoms with van der Waals surface area (Å²) >= 11 is 0. The molecule has 4 heteroatoms. The number of benzene rings is 8. The van der Waals surface area contributed by atoms with Crippen molar-refractivity contribution < 1.29 is 0 Å². The van der Waals surface area contributed by atoms with Crippen LogP contribution < -0.4 is 0 Å². The predicted octanol–water partition coefficient (Wildman–Crippen LogP) is 12.8. The number of para-hydroxylation sites is 1. The van der Waals surface area contributed by atoms with Gasteiger partial charge in [-0.15, -0.1) is 0 Å². The second kappa shape index (κ2) is 14.7. The van der Waals surface area contributed by atoms with Crippen LogP contribution in [0.15, 0.2) is 209 Å². The Morgan fingerprint density at radius 2 is 1.09 bits per heavy atom. The summed E-state index contributed by atoms with van der Waals surface area (Å²) in [5.41, 5.74) is 16.5. The van der Waals surface area contributed by atoms with E-state index < -0.39 is 0 Å². The Labute approximate surface area is 332 Å². The zero-order valence-corrected chi connectivity index (χ0v) is 31.4. The van der Waals surface area contributed by atoms with Crippen LogP contribution in [0.5, 0.6) is 0 Å². The SMILES string of the molecule is C=N/C(=N\C(=N/Cc1ccccc1)c1ccccc1)c1cccc(-c2ccc3c(c2)Cc2cc(-n4c5ccccc5c5ccc(-c6ccccc6)cc54)ccc2-3)c1. The molecule has 10 rings (SSSR count). The predicted molar refractivity (Wildman–Crippen MR) is 239 cm³/mol. The number of hydrogen-bond acceptors (Lipinski definition) is 1. The van der Waals surface area contributed by atoms with Crippen LogP contribution in [0.3, 0.4) is 0 Å². The Hall–Kier alpha value is -7.43. The third-order valence-corrected chi connectivity index (χ3v) is 11.0. The Kier molecular flexibility index (Phi) is 8.77. The fraction of sp³-hybridized carbons (Fsp3) is 0.0377. The molecule has 1 aliphatic carbocycles. The number of rotatable bonds is 7. The van der Waals surface area contributed by atoms with Gasteiger partial charge in [-0.25, -0.2) is 9.98 Å². The van der Waals surface area contributed by atoms with Gasteiger partial charge in [0, 0.05) is 27.6 Å². The average molecular weight is 731 g/mol. The number of nitrogens with zero attached hydrogens (tertiary/aromatic N) is 4. The van der Waals surface area contributed by atoms with E-state index in [4.69, 9.17) is 9.98 Å². The van der Waals surface area contributed by atoms with Crippen molar-refractivity contribution >= 4 is 40.2 Å². The van der Waals surface area contributed by atoms with Crippen molar-refractivity contribution in [2.24, 2.45) is 15.0 Å². The van der Waals surface area contributed by atoms with E-state index in [-0.39, 0.29) is 0 Å². The Morgan fingerprint density at radius 1 is 0.474 bits per heavy atom. The molecule has 270 valence electrons. The smallest absolute Gasteiger partial charge is 0.161 e. The highest BCUT2D eigenvalue weighted by Crippen LogP contribution is 2.41. The van der Waals surface area contributed by atoms with Crippen molar-refractivity contribution in [3.05, 3.63) is 222 Å². The van der Waals surface area contributed by atoms with Crippen LogP contribution in [-0.2, 0) is 13.0 Å². The Morgan fingerprint density at radius 3 is 1.89 bits per heavy atom. The molecule has 4 nitrogen and oxygen atoms in total. The van der Waals surface area contributed by atoms with Gasteiger partial charge in [-0.3, -0.25) is 4.99 Å². The summed E-state index contributed by atoms with van der Waals surface area (Å²) in [6.45, 7) is 4.43. The number of aromatic nitrogens is 1. The molecule has 0 saturated heterocycles. The van der Waals surface area contributed by atoms with Crippen molar-refractivity contribution in [1.29, 1.82) is 0 Å². The Bertz CT molecular complexity index is 3010. The standard InChI is InChI=1S/C53H38N4/c1-54-52(56-53(38-18-9-4-10-19-38)55-35-36-14-5-2-6-15-36)42-21-13-20-39(30-42)40-24-27-46-43(31-40)32-44-33-45(26-29-47(44)46)57-50-23-12-11-22-48(50)49-28-25-41(34-51(49)57)37-16-7-3-8-17-37/h2-31,33-34H,1,32,35H2/b55-53-,56-52-. The van der Waals surface area contributed by atoms with E-state index >= 15 is 0 Å². The van der Waals surface area contributed by atoms with Crippen LogP contribution >= 0.6 is 0 Å². The molecule has 57 heavy (non-hydrogen) atoms. The summed E-state index contributed by atoms with van der Waals surface area (Å²) in [7, 11) is 0. The van der Waals surface area contributed by atoms with E-state index in [9.17, 15) is 0 Å². The van der Waals surface area contributed by atoms with Crippen LogP contribution in [0.25, 0.3) is 60.9 Å². The molecular formula is C53H38N4. The second-order valence-electron chi connectivity index (χ2n) is 14.5. The van der Waals surface area contributed by atoms with Gasteiger partial charge < -0.3 is 4.57 Å². The van der Waals surface area contributed by atoms with Crippen LogP contribution in [0.4, 0.5) is 0 Å². The molecule has 8 aromatic carbocycles. The molecule has 0 spiro atoms. The molecule has 0 amide bonds. The molecule has 1 heterocycles.